The van der Waals surface area contributed by atoms with Crippen LogP contribution in [0.15, 0.2) is 28.7 Å². The van der Waals surface area contributed by atoms with Crippen molar-refractivity contribution < 1.29 is 23.7 Å². The number of hydrogen-bond acceptors (Lipinski definition) is 6. The molecule has 142 valence electrons. The highest BCUT2D eigenvalue weighted by Gasteiger charge is 2.13. The monoisotopic (exact) mass is 425 g/mol. The number of ether oxygens (including phenoxy) is 5. The van der Waals surface area contributed by atoms with E-state index < -0.39 is 0 Å². The SMILES string of the molecule is COc1cc(Br)c(CNCc2cc(OC)c(OC)c(OC)c2)cc1OC. The Morgan fingerprint density at radius 3 is 1.73 bits per heavy atom. The second kappa shape index (κ2) is 9.54. The van der Waals surface area contributed by atoms with Crippen LogP contribution in [0.1, 0.15) is 11.1 Å². The van der Waals surface area contributed by atoms with Gasteiger partial charge in [-0.25, -0.2) is 0 Å². The molecule has 0 unspecified atom stereocenters. The molecule has 0 saturated carbocycles. The molecular weight excluding hydrogens is 402 g/mol. The number of benzene rings is 2. The first kappa shape index (κ1) is 20.2. The van der Waals surface area contributed by atoms with Gasteiger partial charge in [-0.1, -0.05) is 15.9 Å². The van der Waals surface area contributed by atoms with E-state index in [1.165, 1.54) is 0 Å². The lowest BCUT2D eigenvalue weighted by molar-refractivity contribution is 0.323. The molecule has 7 heteroatoms. The molecule has 0 atom stereocenters. The van der Waals surface area contributed by atoms with Gasteiger partial charge in [0, 0.05) is 17.6 Å². The topological polar surface area (TPSA) is 58.2 Å². The summed E-state index contributed by atoms with van der Waals surface area (Å²) in [6.45, 7) is 1.29. The third-order valence-electron chi connectivity index (χ3n) is 3.92. The molecule has 0 amide bonds. The van der Waals surface area contributed by atoms with Crippen LogP contribution in [-0.4, -0.2) is 35.5 Å². The number of methoxy groups -OCH3 is 5. The normalized spacial score (nSPS) is 10.4. The van der Waals surface area contributed by atoms with Crippen LogP contribution in [0.4, 0.5) is 0 Å². The van der Waals surface area contributed by atoms with Crippen LogP contribution in [0, 0.1) is 0 Å². The fourth-order valence-electron chi connectivity index (χ4n) is 2.61. The molecule has 0 radical (unpaired) electrons. The van der Waals surface area contributed by atoms with E-state index in [2.05, 4.69) is 21.2 Å². The molecule has 2 aromatic rings. The standard InChI is InChI=1S/C19H24BrNO5/c1-22-15-8-13(14(20)9-16(15)23-2)11-21-10-12-6-17(24-3)19(26-5)18(7-12)25-4/h6-9,21H,10-11H2,1-5H3. The minimum atomic E-state index is 0.585. The summed E-state index contributed by atoms with van der Waals surface area (Å²) in [5, 5.41) is 3.41. The first-order valence-electron chi connectivity index (χ1n) is 7.97. The van der Waals surface area contributed by atoms with E-state index in [4.69, 9.17) is 23.7 Å². The van der Waals surface area contributed by atoms with Gasteiger partial charge in [-0.3, -0.25) is 0 Å². The number of nitrogens with one attached hydrogen (secondary N) is 1. The van der Waals surface area contributed by atoms with Crippen molar-refractivity contribution in [3.8, 4) is 28.7 Å². The van der Waals surface area contributed by atoms with E-state index in [9.17, 15) is 0 Å². The third-order valence-corrected chi connectivity index (χ3v) is 4.66. The van der Waals surface area contributed by atoms with Crippen LogP contribution in [0.2, 0.25) is 0 Å². The van der Waals surface area contributed by atoms with Crippen molar-refractivity contribution in [1.82, 2.24) is 5.32 Å². The van der Waals surface area contributed by atoms with E-state index in [0.717, 1.165) is 15.6 Å². The minimum absolute atomic E-state index is 0.585. The Labute approximate surface area is 162 Å². The summed E-state index contributed by atoms with van der Waals surface area (Å²) in [6.07, 6.45) is 0. The van der Waals surface area contributed by atoms with Crippen molar-refractivity contribution in [2.75, 3.05) is 35.5 Å². The molecule has 0 aliphatic rings. The van der Waals surface area contributed by atoms with Gasteiger partial charge in [0.15, 0.2) is 23.0 Å². The van der Waals surface area contributed by atoms with E-state index in [0.29, 0.717) is 41.8 Å². The molecule has 2 rings (SSSR count). The molecule has 0 bridgehead atoms. The van der Waals surface area contributed by atoms with Gasteiger partial charge >= 0.3 is 0 Å². The van der Waals surface area contributed by atoms with Crippen molar-refractivity contribution in [2.24, 2.45) is 0 Å². The van der Waals surface area contributed by atoms with E-state index in [-0.39, 0.29) is 0 Å². The lowest BCUT2D eigenvalue weighted by atomic mass is 10.1. The molecule has 1 N–H and O–H groups in total. The number of halogens is 1. The Morgan fingerprint density at radius 1 is 0.692 bits per heavy atom. The van der Waals surface area contributed by atoms with Gasteiger partial charge in [0.2, 0.25) is 5.75 Å². The van der Waals surface area contributed by atoms with Crippen LogP contribution < -0.4 is 29.0 Å². The van der Waals surface area contributed by atoms with E-state index in [1.54, 1.807) is 35.5 Å². The summed E-state index contributed by atoms with van der Waals surface area (Å²) in [5.74, 6) is 3.24. The molecule has 26 heavy (non-hydrogen) atoms. The van der Waals surface area contributed by atoms with E-state index >= 15 is 0 Å². The van der Waals surface area contributed by atoms with Gasteiger partial charge in [0.1, 0.15) is 0 Å². The fourth-order valence-corrected chi connectivity index (χ4v) is 3.07. The second-order valence-electron chi connectivity index (χ2n) is 5.44. The average molecular weight is 426 g/mol. The van der Waals surface area contributed by atoms with Crippen LogP contribution in [-0.2, 0) is 13.1 Å². The largest absolute Gasteiger partial charge is 0.493 e. The lowest BCUT2D eigenvalue weighted by Crippen LogP contribution is -2.13. The van der Waals surface area contributed by atoms with Gasteiger partial charge in [-0.05, 0) is 35.4 Å². The van der Waals surface area contributed by atoms with Gasteiger partial charge in [-0.15, -0.1) is 0 Å². The third kappa shape index (κ3) is 4.53. The molecule has 2 aromatic carbocycles. The highest BCUT2D eigenvalue weighted by Crippen LogP contribution is 2.38. The van der Waals surface area contributed by atoms with Crippen molar-refractivity contribution in [1.29, 1.82) is 0 Å². The average Bonchev–Trinajstić information content (AvgIpc) is 2.67. The summed E-state index contributed by atoms with van der Waals surface area (Å²) in [6, 6.07) is 7.70. The van der Waals surface area contributed by atoms with Gasteiger partial charge in [0.25, 0.3) is 0 Å². The molecule has 6 nitrogen and oxygen atoms in total. The smallest absolute Gasteiger partial charge is 0.203 e. The predicted molar refractivity (Wildman–Crippen MR) is 104 cm³/mol. The van der Waals surface area contributed by atoms with Crippen molar-refractivity contribution >= 4 is 15.9 Å². The molecule has 0 saturated heterocycles. The van der Waals surface area contributed by atoms with Crippen LogP contribution in [0.3, 0.4) is 0 Å². The molecule has 0 aliphatic heterocycles. The zero-order valence-electron chi connectivity index (χ0n) is 15.6. The highest BCUT2D eigenvalue weighted by molar-refractivity contribution is 9.10. The maximum absolute atomic E-state index is 5.39. The van der Waals surface area contributed by atoms with Crippen molar-refractivity contribution in [3.63, 3.8) is 0 Å². The fraction of sp³-hybridized carbons (Fsp3) is 0.368. The molecule has 0 heterocycles. The Bertz CT molecular complexity index is 726. The van der Waals surface area contributed by atoms with E-state index in [1.807, 2.05) is 24.3 Å². The first-order chi connectivity index (χ1) is 12.6. The summed E-state index contributed by atoms with van der Waals surface area (Å²) in [5.41, 5.74) is 2.09. The summed E-state index contributed by atoms with van der Waals surface area (Å²) in [7, 11) is 8.04. The molecule has 0 fully saturated rings. The van der Waals surface area contributed by atoms with Gasteiger partial charge in [0.05, 0.1) is 35.5 Å². The quantitative estimate of drug-likeness (QED) is 0.659. The van der Waals surface area contributed by atoms with Crippen molar-refractivity contribution in [2.45, 2.75) is 13.1 Å². The summed E-state index contributed by atoms with van der Waals surface area (Å²) < 4.78 is 27.7. The Morgan fingerprint density at radius 2 is 1.23 bits per heavy atom. The molecule has 0 spiro atoms. The minimum Gasteiger partial charge on any atom is -0.493 e. The first-order valence-corrected chi connectivity index (χ1v) is 8.77. The number of hydrogen-bond donors (Lipinski definition) is 1. The molecular formula is C19H24BrNO5. The Hall–Kier alpha value is -2.12. The maximum atomic E-state index is 5.39. The van der Waals surface area contributed by atoms with Crippen LogP contribution in [0.25, 0.3) is 0 Å². The predicted octanol–water partition coefficient (Wildman–Crippen LogP) is 3.78. The lowest BCUT2D eigenvalue weighted by Gasteiger charge is -2.15. The van der Waals surface area contributed by atoms with Crippen LogP contribution >= 0.6 is 15.9 Å². The second-order valence-corrected chi connectivity index (χ2v) is 6.29. The number of rotatable bonds is 9. The maximum Gasteiger partial charge on any atom is 0.203 e. The highest BCUT2D eigenvalue weighted by atomic mass is 79.9. The zero-order chi connectivity index (χ0) is 19.1. The zero-order valence-corrected chi connectivity index (χ0v) is 17.2. The van der Waals surface area contributed by atoms with Crippen LogP contribution in [0.5, 0.6) is 28.7 Å². The Balaban J connectivity index is 2.13. The summed E-state index contributed by atoms with van der Waals surface area (Å²) >= 11 is 3.57. The van der Waals surface area contributed by atoms with Crippen molar-refractivity contribution in [3.05, 3.63) is 39.9 Å². The molecule has 0 aromatic heterocycles. The molecule has 0 aliphatic carbocycles. The summed E-state index contributed by atoms with van der Waals surface area (Å²) in [4.78, 5) is 0. The van der Waals surface area contributed by atoms with Gasteiger partial charge < -0.3 is 29.0 Å². The Kier molecular flexibility index (Phi) is 7.41. The van der Waals surface area contributed by atoms with Gasteiger partial charge in [-0.2, -0.15) is 0 Å².